The van der Waals surface area contributed by atoms with E-state index >= 15 is 0 Å². The van der Waals surface area contributed by atoms with E-state index in [0.29, 0.717) is 0 Å². The Hall–Kier alpha value is -1.10. The van der Waals surface area contributed by atoms with Crippen LogP contribution in [0.3, 0.4) is 0 Å². The summed E-state index contributed by atoms with van der Waals surface area (Å²) in [6, 6.07) is 0.0974. The Morgan fingerprint density at radius 3 is 2.64 bits per heavy atom. The van der Waals surface area contributed by atoms with Crippen molar-refractivity contribution in [3.8, 4) is 0 Å². The van der Waals surface area contributed by atoms with E-state index in [0.717, 1.165) is 25.9 Å². The molecule has 0 bridgehead atoms. The molecule has 1 rings (SSSR count). The molecule has 5 nitrogen and oxygen atoms in total. The highest BCUT2D eigenvalue weighted by atomic mass is 16.2. The third kappa shape index (κ3) is 2.99. The van der Waals surface area contributed by atoms with Gasteiger partial charge in [0.2, 0.25) is 0 Å². The quantitative estimate of drug-likeness (QED) is 0.529. The maximum absolute atomic E-state index is 11.3. The lowest BCUT2D eigenvalue weighted by Gasteiger charge is -2.24. The molecule has 2 N–H and O–H groups in total. The Kier molecular flexibility index (Phi) is 3.88. The van der Waals surface area contributed by atoms with Crippen LogP contribution in [-0.2, 0) is 9.59 Å². The number of carbonyl (C=O) groups excluding carboxylic acids is 2. The summed E-state index contributed by atoms with van der Waals surface area (Å²) >= 11 is 0. The van der Waals surface area contributed by atoms with Crippen molar-refractivity contribution < 1.29 is 9.59 Å². The van der Waals surface area contributed by atoms with Gasteiger partial charge in [0.25, 0.3) is 0 Å². The van der Waals surface area contributed by atoms with Crippen molar-refractivity contribution in [2.24, 2.45) is 0 Å². The van der Waals surface area contributed by atoms with E-state index in [1.807, 2.05) is 0 Å². The summed E-state index contributed by atoms with van der Waals surface area (Å²) in [5, 5.41) is 5.88. The average Bonchev–Trinajstić information content (AvgIpc) is 2.18. The van der Waals surface area contributed by atoms with Gasteiger partial charge in [0.15, 0.2) is 0 Å². The molecule has 1 saturated heterocycles. The van der Waals surface area contributed by atoms with Crippen molar-refractivity contribution in [2.75, 3.05) is 27.2 Å². The zero-order chi connectivity index (χ0) is 10.6. The van der Waals surface area contributed by atoms with Crippen molar-refractivity contribution in [3.63, 3.8) is 0 Å². The van der Waals surface area contributed by atoms with Gasteiger partial charge in [-0.25, -0.2) is 0 Å². The Morgan fingerprint density at radius 1 is 1.43 bits per heavy atom. The van der Waals surface area contributed by atoms with Crippen molar-refractivity contribution in [2.45, 2.75) is 18.9 Å². The van der Waals surface area contributed by atoms with Gasteiger partial charge in [-0.2, -0.15) is 0 Å². The van der Waals surface area contributed by atoms with Crippen LogP contribution in [0.15, 0.2) is 0 Å². The highest BCUT2D eigenvalue weighted by molar-refractivity contribution is 6.34. The molecule has 14 heavy (non-hydrogen) atoms. The van der Waals surface area contributed by atoms with E-state index < -0.39 is 11.8 Å². The number of carbonyl (C=O) groups is 2. The van der Waals surface area contributed by atoms with Crippen LogP contribution in [0.2, 0.25) is 0 Å². The Labute approximate surface area is 83.8 Å². The second-order valence-electron chi connectivity index (χ2n) is 3.72. The van der Waals surface area contributed by atoms with Crippen LogP contribution < -0.4 is 10.6 Å². The van der Waals surface area contributed by atoms with E-state index in [4.69, 9.17) is 0 Å². The number of hydrogen-bond acceptors (Lipinski definition) is 3. The zero-order valence-corrected chi connectivity index (χ0v) is 8.67. The molecule has 5 heteroatoms. The van der Waals surface area contributed by atoms with Crippen LogP contribution in [0.1, 0.15) is 12.8 Å². The van der Waals surface area contributed by atoms with Crippen LogP contribution in [-0.4, -0.2) is 49.9 Å². The number of rotatable bonds is 1. The minimum absolute atomic E-state index is 0.0974. The molecule has 0 saturated carbocycles. The Bertz CT molecular complexity index is 222. The molecule has 2 amide bonds. The second-order valence-corrected chi connectivity index (χ2v) is 3.72. The molecule has 0 radical (unpaired) electrons. The first-order chi connectivity index (χ1) is 6.61. The third-order valence-electron chi connectivity index (χ3n) is 2.23. The first-order valence-corrected chi connectivity index (χ1v) is 4.84. The number of nitrogens with zero attached hydrogens (tertiary/aromatic N) is 1. The maximum Gasteiger partial charge on any atom is 0.311 e. The van der Waals surface area contributed by atoms with Gasteiger partial charge >= 0.3 is 11.8 Å². The van der Waals surface area contributed by atoms with E-state index in [1.54, 1.807) is 14.1 Å². The minimum Gasteiger partial charge on any atom is -0.344 e. The van der Waals surface area contributed by atoms with E-state index in [-0.39, 0.29) is 6.04 Å². The number of nitrogens with one attached hydrogen (secondary N) is 2. The second kappa shape index (κ2) is 4.95. The summed E-state index contributed by atoms with van der Waals surface area (Å²) in [4.78, 5) is 23.8. The predicted octanol–water partition coefficient (Wildman–Crippen LogP) is -1.06. The first-order valence-electron chi connectivity index (χ1n) is 4.84. The molecule has 0 aromatic heterocycles. The molecule has 1 aliphatic rings. The first kappa shape index (κ1) is 11.0. The van der Waals surface area contributed by atoms with Crippen LogP contribution in [0.4, 0.5) is 0 Å². The smallest absolute Gasteiger partial charge is 0.311 e. The lowest BCUT2D eigenvalue weighted by Crippen LogP contribution is -2.49. The van der Waals surface area contributed by atoms with Crippen molar-refractivity contribution in [3.05, 3.63) is 0 Å². The Balaban J connectivity index is 2.35. The van der Waals surface area contributed by atoms with E-state index in [2.05, 4.69) is 10.6 Å². The molecule has 0 aromatic carbocycles. The molecular formula is C9H17N3O2. The number of piperidine rings is 1. The average molecular weight is 199 g/mol. The van der Waals surface area contributed by atoms with Gasteiger partial charge in [-0.3, -0.25) is 9.59 Å². The number of hydrogen-bond donors (Lipinski definition) is 2. The molecule has 0 aromatic rings. The highest BCUT2D eigenvalue weighted by Gasteiger charge is 2.20. The SMILES string of the molecule is CN(C)C(=O)C(=O)NC1CCCNC1. The van der Waals surface area contributed by atoms with Crippen LogP contribution in [0.5, 0.6) is 0 Å². The van der Waals surface area contributed by atoms with Crippen LogP contribution in [0, 0.1) is 0 Å². The van der Waals surface area contributed by atoms with Crippen LogP contribution >= 0.6 is 0 Å². The van der Waals surface area contributed by atoms with E-state index in [9.17, 15) is 9.59 Å². The monoisotopic (exact) mass is 199 g/mol. The summed E-state index contributed by atoms with van der Waals surface area (Å²) in [7, 11) is 3.14. The molecule has 1 heterocycles. The van der Waals surface area contributed by atoms with Crippen LogP contribution in [0.25, 0.3) is 0 Å². The largest absolute Gasteiger partial charge is 0.344 e. The summed E-state index contributed by atoms with van der Waals surface area (Å²) in [6.45, 7) is 1.75. The molecule has 1 unspecified atom stereocenters. The molecule has 0 aliphatic carbocycles. The third-order valence-corrected chi connectivity index (χ3v) is 2.23. The number of amides is 2. The van der Waals surface area contributed by atoms with Gasteiger partial charge in [0.05, 0.1) is 0 Å². The highest BCUT2D eigenvalue weighted by Crippen LogP contribution is 2.00. The topological polar surface area (TPSA) is 61.4 Å². The molecule has 1 aliphatic heterocycles. The Morgan fingerprint density at radius 2 is 2.14 bits per heavy atom. The zero-order valence-electron chi connectivity index (χ0n) is 8.67. The van der Waals surface area contributed by atoms with Crippen molar-refractivity contribution in [1.29, 1.82) is 0 Å². The summed E-state index contributed by atoms with van der Waals surface area (Å²) < 4.78 is 0. The van der Waals surface area contributed by atoms with Crippen molar-refractivity contribution >= 4 is 11.8 Å². The predicted molar refractivity (Wildman–Crippen MR) is 52.7 cm³/mol. The lowest BCUT2D eigenvalue weighted by molar-refractivity contribution is -0.144. The summed E-state index contributed by atoms with van der Waals surface area (Å²) in [5.41, 5.74) is 0. The fourth-order valence-corrected chi connectivity index (χ4v) is 1.43. The van der Waals surface area contributed by atoms with Gasteiger partial charge in [0.1, 0.15) is 0 Å². The molecular weight excluding hydrogens is 182 g/mol. The number of likely N-dealkylation sites (N-methyl/N-ethyl adjacent to an activating group) is 1. The van der Waals surface area contributed by atoms with Gasteiger partial charge in [-0.15, -0.1) is 0 Å². The summed E-state index contributed by atoms with van der Waals surface area (Å²) in [6.07, 6.45) is 1.99. The normalized spacial score (nSPS) is 21.4. The lowest BCUT2D eigenvalue weighted by atomic mass is 10.1. The minimum atomic E-state index is -0.510. The van der Waals surface area contributed by atoms with Crippen molar-refractivity contribution in [1.82, 2.24) is 15.5 Å². The molecule has 0 spiro atoms. The van der Waals surface area contributed by atoms with E-state index in [1.165, 1.54) is 4.90 Å². The molecule has 1 atom stereocenters. The van der Waals surface area contributed by atoms with Gasteiger partial charge in [-0.05, 0) is 19.4 Å². The molecule has 1 fully saturated rings. The van der Waals surface area contributed by atoms with Gasteiger partial charge in [0, 0.05) is 26.7 Å². The fraction of sp³-hybridized carbons (Fsp3) is 0.778. The maximum atomic E-state index is 11.3. The summed E-state index contributed by atoms with van der Waals surface area (Å²) in [5.74, 6) is -1.00. The van der Waals surface area contributed by atoms with Gasteiger partial charge < -0.3 is 15.5 Å². The standard InChI is InChI=1S/C9H17N3O2/c1-12(2)9(14)8(13)11-7-4-3-5-10-6-7/h7,10H,3-6H2,1-2H3,(H,11,13). The fourth-order valence-electron chi connectivity index (χ4n) is 1.43. The molecule has 80 valence electrons. The van der Waals surface area contributed by atoms with Gasteiger partial charge in [-0.1, -0.05) is 0 Å².